The third kappa shape index (κ3) is 7.05. The maximum absolute atomic E-state index is 12.4. The summed E-state index contributed by atoms with van der Waals surface area (Å²) in [6.07, 6.45) is 4.79. The molecule has 0 saturated heterocycles. The molecule has 140 valence electrons. The molecule has 2 unspecified atom stereocenters. The minimum absolute atomic E-state index is 0. The van der Waals surface area contributed by atoms with E-state index in [4.69, 9.17) is 17.3 Å². The lowest BCUT2D eigenvalue weighted by molar-refractivity contribution is -0.123. The van der Waals surface area contributed by atoms with Gasteiger partial charge in [0.1, 0.15) is 6.04 Å². The average molecular weight is 406 g/mol. The fourth-order valence-electron chi connectivity index (χ4n) is 2.42. The number of amides is 2. The van der Waals surface area contributed by atoms with E-state index in [9.17, 15) is 9.59 Å². The lowest BCUT2D eigenvalue weighted by Crippen LogP contribution is -2.50. The molecule has 1 saturated carbocycles. The van der Waals surface area contributed by atoms with Crippen molar-refractivity contribution in [3.8, 4) is 0 Å². The first-order valence-electron chi connectivity index (χ1n) is 8.10. The van der Waals surface area contributed by atoms with Crippen molar-refractivity contribution in [3.05, 3.63) is 34.9 Å². The minimum atomic E-state index is -0.590. The molecule has 0 spiro atoms. The molecule has 1 aliphatic carbocycles. The molecule has 0 aromatic heterocycles. The third-order valence-electron chi connectivity index (χ3n) is 4.09. The van der Waals surface area contributed by atoms with E-state index in [0.29, 0.717) is 29.5 Å². The first-order chi connectivity index (χ1) is 11.5. The fraction of sp³-hybridized carbons (Fsp3) is 0.529. The van der Waals surface area contributed by atoms with Crippen LogP contribution < -0.4 is 16.4 Å². The maximum Gasteiger partial charge on any atom is 0.253 e. The highest BCUT2D eigenvalue weighted by Crippen LogP contribution is 2.31. The van der Waals surface area contributed by atoms with Gasteiger partial charge in [-0.2, -0.15) is 11.8 Å². The molecule has 8 heteroatoms. The van der Waals surface area contributed by atoms with Crippen molar-refractivity contribution in [1.82, 2.24) is 10.6 Å². The van der Waals surface area contributed by atoms with Crippen molar-refractivity contribution < 1.29 is 9.59 Å². The third-order valence-corrected chi connectivity index (χ3v) is 5.06. The molecular formula is C17H25Cl2N3O2S. The Kier molecular flexibility index (Phi) is 9.64. The largest absolute Gasteiger partial charge is 0.353 e. The van der Waals surface area contributed by atoms with Gasteiger partial charge in [0.15, 0.2) is 0 Å². The smallest absolute Gasteiger partial charge is 0.253 e. The average Bonchev–Trinajstić information content (AvgIpc) is 3.41. The Morgan fingerprint density at radius 1 is 1.36 bits per heavy atom. The Labute approximate surface area is 164 Å². The van der Waals surface area contributed by atoms with Gasteiger partial charge in [0, 0.05) is 12.6 Å². The lowest BCUT2D eigenvalue weighted by Gasteiger charge is -2.20. The molecule has 0 aliphatic heterocycles. The molecule has 2 rings (SSSR count). The van der Waals surface area contributed by atoms with Crippen molar-refractivity contribution in [3.63, 3.8) is 0 Å². The summed E-state index contributed by atoms with van der Waals surface area (Å²) >= 11 is 7.68. The van der Waals surface area contributed by atoms with Gasteiger partial charge in [0.25, 0.3) is 5.91 Å². The number of carbonyl (C=O) groups excluding carboxylic acids is 2. The highest BCUT2D eigenvalue weighted by Gasteiger charge is 2.29. The molecule has 1 aromatic carbocycles. The normalized spacial score (nSPS) is 15.6. The predicted octanol–water partition coefficient (Wildman–Crippen LogP) is 2.47. The van der Waals surface area contributed by atoms with E-state index >= 15 is 0 Å². The molecule has 2 amide bonds. The van der Waals surface area contributed by atoms with E-state index in [1.54, 1.807) is 36.0 Å². The molecule has 1 aromatic rings. The number of hydrogen-bond donors (Lipinski definition) is 3. The predicted molar refractivity (Wildman–Crippen MR) is 107 cm³/mol. The summed E-state index contributed by atoms with van der Waals surface area (Å²) < 4.78 is 0. The SMILES string of the molecule is CSCCC(NC(=O)c1ccccc1Cl)C(=O)NCC(N)C1CC1.Cl. The fourth-order valence-corrected chi connectivity index (χ4v) is 3.11. The molecule has 0 bridgehead atoms. The van der Waals surface area contributed by atoms with Gasteiger partial charge in [-0.05, 0) is 49.3 Å². The van der Waals surface area contributed by atoms with Gasteiger partial charge in [-0.15, -0.1) is 12.4 Å². The van der Waals surface area contributed by atoms with Crippen LogP contribution in [-0.4, -0.2) is 42.5 Å². The van der Waals surface area contributed by atoms with E-state index in [-0.39, 0.29) is 30.3 Å². The van der Waals surface area contributed by atoms with Gasteiger partial charge in [-0.25, -0.2) is 0 Å². The summed E-state index contributed by atoms with van der Waals surface area (Å²) in [6.45, 7) is 0.446. The van der Waals surface area contributed by atoms with Crippen LogP contribution in [0, 0.1) is 5.92 Å². The topological polar surface area (TPSA) is 84.2 Å². The Bertz CT molecular complexity index is 585. The Morgan fingerprint density at radius 2 is 2.04 bits per heavy atom. The monoisotopic (exact) mass is 405 g/mol. The van der Waals surface area contributed by atoms with Crippen molar-refractivity contribution in [2.45, 2.75) is 31.3 Å². The molecule has 0 heterocycles. The number of carbonyl (C=O) groups is 2. The zero-order valence-electron chi connectivity index (χ0n) is 14.2. The van der Waals surface area contributed by atoms with E-state index in [1.807, 2.05) is 6.26 Å². The van der Waals surface area contributed by atoms with Crippen LogP contribution in [0.2, 0.25) is 5.02 Å². The zero-order valence-corrected chi connectivity index (χ0v) is 16.6. The molecule has 2 atom stereocenters. The highest BCUT2D eigenvalue weighted by atomic mass is 35.5. The van der Waals surface area contributed by atoms with E-state index < -0.39 is 6.04 Å². The summed E-state index contributed by atoms with van der Waals surface area (Å²) in [5, 5.41) is 6.02. The van der Waals surface area contributed by atoms with E-state index in [2.05, 4.69) is 10.6 Å². The Balaban J connectivity index is 0.00000312. The maximum atomic E-state index is 12.4. The summed E-state index contributed by atoms with van der Waals surface area (Å²) in [6, 6.07) is 6.21. The van der Waals surface area contributed by atoms with Crippen LogP contribution in [0.15, 0.2) is 24.3 Å². The van der Waals surface area contributed by atoms with Gasteiger partial charge < -0.3 is 16.4 Å². The minimum Gasteiger partial charge on any atom is -0.353 e. The van der Waals surface area contributed by atoms with Crippen molar-refractivity contribution >= 4 is 47.6 Å². The highest BCUT2D eigenvalue weighted by molar-refractivity contribution is 7.98. The second-order valence-electron chi connectivity index (χ2n) is 6.03. The number of nitrogens with two attached hydrogens (primary N) is 1. The summed E-state index contributed by atoms with van der Waals surface area (Å²) in [5.41, 5.74) is 6.39. The summed E-state index contributed by atoms with van der Waals surface area (Å²) in [5.74, 6) is 0.761. The second-order valence-corrected chi connectivity index (χ2v) is 7.43. The van der Waals surface area contributed by atoms with Crippen LogP contribution in [0.1, 0.15) is 29.6 Å². The van der Waals surface area contributed by atoms with Gasteiger partial charge >= 0.3 is 0 Å². The molecule has 5 nitrogen and oxygen atoms in total. The molecule has 1 fully saturated rings. The number of thioether (sulfide) groups is 1. The standard InChI is InChI=1S/C17H24ClN3O2S.ClH/c1-24-9-8-15(17(23)20-10-14(19)11-6-7-11)21-16(22)12-4-2-3-5-13(12)18;/h2-5,11,14-15H,6-10,19H2,1H3,(H,20,23)(H,21,22);1H. The van der Waals surface area contributed by atoms with Crippen molar-refractivity contribution in [1.29, 1.82) is 0 Å². The van der Waals surface area contributed by atoms with Crippen molar-refractivity contribution in [2.24, 2.45) is 11.7 Å². The van der Waals surface area contributed by atoms with Gasteiger partial charge in [0.05, 0.1) is 10.6 Å². The van der Waals surface area contributed by atoms with Crippen LogP contribution in [-0.2, 0) is 4.79 Å². The van der Waals surface area contributed by atoms with Gasteiger partial charge in [-0.1, -0.05) is 23.7 Å². The molecule has 1 aliphatic rings. The van der Waals surface area contributed by atoms with E-state index in [0.717, 1.165) is 18.6 Å². The van der Waals surface area contributed by atoms with Crippen LogP contribution in [0.5, 0.6) is 0 Å². The second kappa shape index (κ2) is 10.9. The number of nitrogens with one attached hydrogen (secondary N) is 2. The summed E-state index contributed by atoms with van der Waals surface area (Å²) in [4.78, 5) is 24.8. The first kappa shape index (κ1) is 22.1. The number of rotatable bonds is 9. The van der Waals surface area contributed by atoms with Crippen LogP contribution in [0.25, 0.3) is 0 Å². The lowest BCUT2D eigenvalue weighted by atomic mass is 10.1. The van der Waals surface area contributed by atoms with Crippen LogP contribution in [0.4, 0.5) is 0 Å². The first-order valence-corrected chi connectivity index (χ1v) is 9.87. The summed E-state index contributed by atoms with van der Waals surface area (Å²) in [7, 11) is 0. The zero-order chi connectivity index (χ0) is 17.5. The van der Waals surface area contributed by atoms with Crippen LogP contribution >= 0.6 is 35.8 Å². The number of hydrogen-bond acceptors (Lipinski definition) is 4. The number of halogens is 2. The Morgan fingerprint density at radius 3 is 2.64 bits per heavy atom. The quantitative estimate of drug-likeness (QED) is 0.588. The number of benzene rings is 1. The molecular weight excluding hydrogens is 381 g/mol. The molecule has 25 heavy (non-hydrogen) atoms. The molecule has 4 N–H and O–H groups in total. The molecule has 0 radical (unpaired) electrons. The Hall–Kier alpha value is -0.950. The van der Waals surface area contributed by atoms with Gasteiger partial charge in [0.2, 0.25) is 5.91 Å². The van der Waals surface area contributed by atoms with Crippen molar-refractivity contribution in [2.75, 3.05) is 18.6 Å². The van der Waals surface area contributed by atoms with Crippen LogP contribution in [0.3, 0.4) is 0 Å². The van der Waals surface area contributed by atoms with E-state index in [1.165, 1.54) is 0 Å². The van der Waals surface area contributed by atoms with Gasteiger partial charge in [-0.3, -0.25) is 9.59 Å².